The van der Waals surface area contributed by atoms with Crippen molar-refractivity contribution in [3.63, 3.8) is 0 Å². The molecule has 1 unspecified atom stereocenters. The van der Waals surface area contributed by atoms with E-state index in [0.717, 1.165) is 31.9 Å². The molecule has 0 radical (unpaired) electrons. The monoisotopic (exact) mass is 167 g/mol. The third-order valence-electron chi connectivity index (χ3n) is 2.12. The molecule has 0 saturated carbocycles. The molecule has 1 aliphatic heterocycles. The minimum absolute atomic E-state index is 0.615. The van der Waals surface area contributed by atoms with Crippen molar-refractivity contribution in [2.45, 2.75) is 13.0 Å². The molecule has 12 heavy (non-hydrogen) atoms. The van der Waals surface area contributed by atoms with Gasteiger partial charge in [-0.25, -0.2) is 0 Å². The Labute approximate surface area is 71.3 Å². The third-order valence-corrected chi connectivity index (χ3v) is 2.12. The number of ether oxygens (including phenoxy) is 1. The lowest BCUT2D eigenvalue weighted by Crippen LogP contribution is -2.10. The van der Waals surface area contributed by atoms with Crippen LogP contribution in [-0.4, -0.2) is 23.0 Å². The average molecular weight is 167 g/mol. The molecule has 0 aromatic carbocycles. The van der Waals surface area contributed by atoms with Crippen molar-refractivity contribution in [3.8, 4) is 0 Å². The van der Waals surface area contributed by atoms with Crippen LogP contribution in [0, 0.1) is 5.92 Å². The molecule has 2 N–H and O–H groups in total. The summed E-state index contributed by atoms with van der Waals surface area (Å²) >= 11 is 0. The average Bonchev–Trinajstić information content (AvgIpc) is 2.63. The van der Waals surface area contributed by atoms with Crippen molar-refractivity contribution in [2.24, 2.45) is 5.92 Å². The zero-order valence-electron chi connectivity index (χ0n) is 6.94. The van der Waals surface area contributed by atoms with E-state index in [2.05, 4.69) is 5.10 Å². The molecule has 0 spiro atoms. The highest BCUT2D eigenvalue weighted by Gasteiger charge is 2.15. The summed E-state index contributed by atoms with van der Waals surface area (Å²) in [6, 6.07) is 0. The van der Waals surface area contributed by atoms with E-state index in [1.165, 1.54) is 0 Å². The van der Waals surface area contributed by atoms with Gasteiger partial charge in [-0.2, -0.15) is 5.10 Å². The number of aromatic nitrogens is 2. The summed E-state index contributed by atoms with van der Waals surface area (Å²) in [6.07, 6.45) is 4.67. The van der Waals surface area contributed by atoms with Crippen molar-refractivity contribution < 1.29 is 4.74 Å². The van der Waals surface area contributed by atoms with Gasteiger partial charge in [0.2, 0.25) is 0 Å². The summed E-state index contributed by atoms with van der Waals surface area (Å²) in [4.78, 5) is 0. The molecule has 4 heteroatoms. The number of nitrogens with two attached hydrogens (primary N) is 1. The predicted octanol–water partition coefficient (Wildman–Crippen LogP) is 0.502. The molecule has 1 saturated heterocycles. The van der Waals surface area contributed by atoms with E-state index >= 15 is 0 Å². The molecule has 1 atom stereocenters. The normalized spacial score (nSPS) is 23.2. The van der Waals surface area contributed by atoms with Gasteiger partial charge in [0, 0.05) is 25.3 Å². The zero-order chi connectivity index (χ0) is 8.39. The molecule has 0 amide bonds. The highest BCUT2D eigenvalue weighted by Crippen LogP contribution is 2.14. The topological polar surface area (TPSA) is 53.1 Å². The summed E-state index contributed by atoms with van der Waals surface area (Å²) in [7, 11) is 0. The number of nitrogen functional groups attached to an aromatic ring is 1. The second-order valence-corrected chi connectivity index (χ2v) is 3.23. The van der Waals surface area contributed by atoms with E-state index < -0.39 is 0 Å². The lowest BCUT2D eigenvalue weighted by molar-refractivity contribution is 0.181. The number of nitrogens with zero attached hydrogens (tertiary/aromatic N) is 2. The number of hydrogen-bond acceptors (Lipinski definition) is 3. The van der Waals surface area contributed by atoms with E-state index in [1.54, 1.807) is 6.20 Å². The van der Waals surface area contributed by atoms with Crippen LogP contribution in [0.2, 0.25) is 0 Å². The maximum Gasteiger partial charge on any atom is 0.0719 e. The van der Waals surface area contributed by atoms with Crippen LogP contribution in [0.25, 0.3) is 0 Å². The van der Waals surface area contributed by atoms with Crippen molar-refractivity contribution in [1.82, 2.24) is 9.78 Å². The lowest BCUT2D eigenvalue weighted by atomic mass is 10.1. The molecule has 0 bridgehead atoms. The fourth-order valence-corrected chi connectivity index (χ4v) is 1.47. The van der Waals surface area contributed by atoms with E-state index in [9.17, 15) is 0 Å². The van der Waals surface area contributed by atoms with Crippen molar-refractivity contribution >= 4 is 5.69 Å². The first-order chi connectivity index (χ1) is 5.84. The van der Waals surface area contributed by atoms with Crippen LogP contribution in [0.15, 0.2) is 12.4 Å². The van der Waals surface area contributed by atoms with E-state index in [4.69, 9.17) is 10.5 Å². The van der Waals surface area contributed by atoms with Crippen LogP contribution in [-0.2, 0) is 11.3 Å². The Hall–Kier alpha value is -1.03. The maximum absolute atomic E-state index is 5.54. The first kappa shape index (κ1) is 7.61. The van der Waals surface area contributed by atoms with Gasteiger partial charge in [0.1, 0.15) is 0 Å². The Bertz CT molecular complexity index is 253. The predicted molar refractivity (Wildman–Crippen MR) is 45.6 cm³/mol. The van der Waals surface area contributed by atoms with Gasteiger partial charge in [-0.05, 0) is 6.42 Å². The van der Waals surface area contributed by atoms with Crippen molar-refractivity contribution in [2.75, 3.05) is 18.9 Å². The van der Waals surface area contributed by atoms with Crippen LogP contribution in [0.5, 0.6) is 0 Å². The molecule has 1 aliphatic rings. The minimum Gasteiger partial charge on any atom is -0.396 e. The number of anilines is 1. The van der Waals surface area contributed by atoms with Gasteiger partial charge in [0.25, 0.3) is 0 Å². The summed E-state index contributed by atoms with van der Waals surface area (Å²) in [5, 5.41) is 4.12. The van der Waals surface area contributed by atoms with Gasteiger partial charge < -0.3 is 10.5 Å². The molecule has 2 heterocycles. The van der Waals surface area contributed by atoms with Gasteiger partial charge in [-0.1, -0.05) is 0 Å². The third kappa shape index (κ3) is 1.58. The van der Waals surface area contributed by atoms with Gasteiger partial charge in [-0.15, -0.1) is 0 Å². The molecule has 66 valence electrons. The first-order valence-corrected chi connectivity index (χ1v) is 4.20. The van der Waals surface area contributed by atoms with Gasteiger partial charge in [-0.3, -0.25) is 4.68 Å². The summed E-state index contributed by atoms with van der Waals surface area (Å²) in [5.41, 5.74) is 6.27. The Kier molecular flexibility index (Phi) is 1.99. The van der Waals surface area contributed by atoms with E-state index in [1.807, 2.05) is 10.9 Å². The van der Waals surface area contributed by atoms with E-state index in [-0.39, 0.29) is 0 Å². The SMILES string of the molecule is Nc1cnn(CC2CCOC2)c1. The summed E-state index contributed by atoms with van der Waals surface area (Å²) < 4.78 is 7.15. The standard InChI is InChI=1S/C8H13N3O/c9-8-3-10-11(5-8)4-7-1-2-12-6-7/h3,5,7H,1-2,4,6,9H2. The second kappa shape index (κ2) is 3.15. The molecule has 1 fully saturated rings. The molecular formula is C8H13N3O. The Morgan fingerprint density at radius 2 is 2.67 bits per heavy atom. The molecule has 1 aromatic rings. The van der Waals surface area contributed by atoms with Crippen LogP contribution in [0.1, 0.15) is 6.42 Å². The van der Waals surface area contributed by atoms with Crippen molar-refractivity contribution in [3.05, 3.63) is 12.4 Å². The number of hydrogen-bond donors (Lipinski definition) is 1. The van der Waals surface area contributed by atoms with Crippen LogP contribution < -0.4 is 5.73 Å². The zero-order valence-corrected chi connectivity index (χ0v) is 6.94. The number of rotatable bonds is 2. The largest absolute Gasteiger partial charge is 0.396 e. The quantitative estimate of drug-likeness (QED) is 0.698. The van der Waals surface area contributed by atoms with Crippen molar-refractivity contribution in [1.29, 1.82) is 0 Å². The Morgan fingerprint density at radius 3 is 3.25 bits per heavy atom. The molecule has 2 rings (SSSR count). The fourth-order valence-electron chi connectivity index (χ4n) is 1.47. The van der Waals surface area contributed by atoms with E-state index in [0.29, 0.717) is 5.92 Å². The highest BCUT2D eigenvalue weighted by molar-refractivity contribution is 5.30. The molecular weight excluding hydrogens is 154 g/mol. The fraction of sp³-hybridized carbons (Fsp3) is 0.625. The Balaban J connectivity index is 1.94. The first-order valence-electron chi connectivity index (χ1n) is 4.20. The Morgan fingerprint density at radius 1 is 1.75 bits per heavy atom. The maximum atomic E-state index is 5.54. The highest BCUT2D eigenvalue weighted by atomic mass is 16.5. The minimum atomic E-state index is 0.615. The van der Waals surface area contributed by atoms with Crippen LogP contribution in [0.3, 0.4) is 0 Å². The van der Waals surface area contributed by atoms with Crippen LogP contribution >= 0.6 is 0 Å². The van der Waals surface area contributed by atoms with Gasteiger partial charge in [0.05, 0.1) is 18.5 Å². The molecule has 1 aromatic heterocycles. The summed E-state index contributed by atoms with van der Waals surface area (Å²) in [6.45, 7) is 2.68. The van der Waals surface area contributed by atoms with Crippen LogP contribution in [0.4, 0.5) is 5.69 Å². The second-order valence-electron chi connectivity index (χ2n) is 3.23. The van der Waals surface area contributed by atoms with Gasteiger partial charge in [0.15, 0.2) is 0 Å². The molecule has 0 aliphatic carbocycles. The molecule has 4 nitrogen and oxygen atoms in total. The van der Waals surface area contributed by atoms with Gasteiger partial charge >= 0.3 is 0 Å². The lowest BCUT2D eigenvalue weighted by Gasteiger charge is -2.06. The summed E-state index contributed by atoms with van der Waals surface area (Å²) in [5.74, 6) is 0.615. The smallest absolute Gasteiger partial charge is 0.0719 e.